The summed E-state index contributed by atoms with van der Waals surface area (Å²) in [4.78, 5) is 0. The van der Waals surface area contributed by atoms with E-state index in [9.17, 15) is 13.2 Å². The zero-order chi connectivity index (χ0) is 12.3. The van der Waals surface area contributed by atoms with Crippen LogP contribution in [0.2, 0.25) is 0 Å². The van der Waals surface area contributed by atoms with Crippen molar-refractivity contribution in [1.82, 2.24) is 0 Å². The van der Waals surface area contributed by atoms with Gasteiger partial charge in [-0.25, -0.2) is 13.2 Å². The zero-order valence-electron chi connectivity index (χ0n) is 8.83. The summed E-state index contributed by atoms with van der Waals surface area (Å²) in [7, 11) is 0. The first-order valence-corrected chi connectivity index (χ1v) is 5.04. The van der Waals surface area contributed by atoms with Crippen LogP contribution in [0.1, 0.15) is 11.1 Å². The van der Waals surface area contributed by atoms with Gasteiger partial charge in [-0.15, -0.1) is 0 Å². The maximum Gasteiger partial charge on any atom is 0.136 e. The van der Waals surface area contributed by atoms with E-state index in [0.29, 0.717) is 12.1 Å². The Morgan fingerprint density at radius 1 is 0.765 bits per heavy atom. The summed E-state index contributed by atoms with van der Waals surface area (Å²) in [6, 6.07) is 10.4. The van der Waals surface area contributed by atoms with Crippen LogP contribution in [0, 0.1) is 17.5 Å². The van der Waals surface area contributed by atoms with Crippen LogP contribution in [0.5, 0.6) is 0 Å². The lowest BCUT2D eigenvalue weighted by Crippen LogP contribution is -1.90. The monoisotopic (exact) mass is 234 g/mol. The fraction of sp³-hybridized carbons (Fsp3) is 0. The highest BCUT2D eigenvalue weighted by atomic mass is 19.1. The van der Waals surface area contributed by atoms with Crippen LogP contribution in [0.3, 0.4) is 0 Å². The first-order valence-electron chi connectivity index (χ1n) is 5.04. The Labute approximate surface area is 97.0 Å². The molecule has 0 saturated carbocycles. The van der Waals surface area contributed by atoms with Crippen molar-refractivity contribution < 1.29 is 13.2 Å². The van der Waals surface area contributed by atoms with Crippen LogP contribution >= 0.6 is 0 Å². The fourth-order valence-electron chi connectivity index (χ4n) is 1.46. The molecule has 0 amide bonds. The molecule has 0 unspecified atom stereocenters. The molecule has 0 radical (unpaired) electrons. The Morgan fingerprint density at radius 3 is 1.94 bits per heavy atom. The molecule has 0 aliphatic rings. The molecule has 0 aliphatic carbocycles. The van der Waals surface area contributed by atoms with Crippen LogP contribution in [0.4, 0.5) is 13.2 Å². The SMILES string of the molecule is Fc1cc(F)c(/C=C/c2ccccc2)c(F)c1. The molecule has 17 heavy (non-hydrogen) atoms. The third-order valence-electron chi connectivity index (χ3n) is 2.29. The Bertz CT molecular complexity index is 522. The predicted molar refractivity (Wildman–Crippen MR) is 61.7 cm³/mol. The average molecular weight is 234 g/mol. The molecule has 0 aromatic heterocycles. The van der Waals surface area contributed by atoms with Gasteiger partial charge in [0.05, 0.1) is 0 Å². The maximum absolute atomic E-state index is 13.3. The van der Waals surface area contributed by atoms with Crippen molar-refractivity contribution >= 4 is 12.2 Å². The molecule has 0 N–H and O–H groups in total. The number of hydrogen-bond donors (Lipinski definition) is 0. The quantitative estimate of drug-likeness (QED) is 0.680. The average Bonchev–Trinajstić information content (AvgIpc) is 2.29. The Hall–Kier alpha value is -2.03. The van der Waals surface area contributed by atoms with Gasteiger partial charge in [0.25, 0.3) is 0 Å². The molecule has 0 saturated heterocycles. The van der Waals surface area contributed by atoms with Gasteiger partial charge in [0.2, 0.25) is 0 Å². The number of halogens is 3. The molecule has 0 spiro atoms. The molecule has 0 aliphatic heterocycles. The third kappa shape index (κ3) is 2.75. The van der Waals surface area contributed by atoms with E-state index in [1.807, 2.05) is 18.2 Å². The number of rotatable bonds is 2. The fourth-order valence-corrected chi connectivity index (χ4v) is 1.46. The molecule has 3 heteroatoms. The van der Waals surface area contributed by atoms with Gasteiger partial charge in [-0.2, -0.15) is 0 Å². The second kappa shape index (κ2) is 4.87. The summed E-state index contributed by atoms with van der Waals surface area (Å²) in [5.74, 6) is -2.73. The van der Waals surface area contributed by atoms with E-state index in [1.54, 1.807) is 18.2 Å². The van der Waals surface area contributed by atoms with Gasteiger partial charge in [-0.1, -0.05) is 36.4 Å². The molecule has 86 valence electrons. The molecule has 0 fully saturated rings. The van der Waals surface area contributed by atoms with Crippen LogP contribution in [0.25, 0.3) is 12.2 Å². The minimum atomic E-state index is -0.920. The van der Waals surface area contributed by atoms with Gasteiger partial charge in [0, 0.05) is 17.7 Å². The highest BCUT2D eigenvalue weighted by Crippen LogP contribution is 2.17. The van der Waals surface area contributed by atoms with E-state index in [4.69, 9.17) is 0 Å². The molecule has 2 aromatic carbocycles. The minimum absolute atomic E-state index is 0.241. The van der Waals surface area contributed by atoms with Crippen LogP contribution in [-0.2, 0) is 0 Å². The van der Waals surface area contributed by atoms with Crippen molar-refractivity contribution in [2.75, 3.05) is 0 Å². The molecule has 0 nitrogen and oxygen atoms in total. The van der Waals surface area contributed by atoms with Crippen molar-refractivity contribution in [3.63, 3.8) is 0 Å². The predicted octanol–water partition coefficient (Wildman–Crippen LogP) is 4.27. The number of benzene rings is 2. The van der Waals surface area contributed by atoms with Crippen LogP contribution in [0.15, 0.2) is 42.5 Å². The van der Waals surface area contributed by atoms with Crippen molar-refractivity contribution in [3.05, 3.63) is 71.0 Å². The smallest absolute Gasteiger partial charge is 0.136 e. The van der Waals surface area contributed by atoms with Gasteiger partial charge in [-0.3, -0.25) is 0 Å². The Morgan fingerprint density at radius 2 is 1.35 bits per heavy atom. The summed E-state index contributed by atoms with van der Waals surface area (Å²) < 4.78 is 39.2. The minimum Gasteiger partial charge on any atom is -0.207 e. The second-order valence-electron chi connectivity index (χ2n) is 3.53. The van der Waals surface area contributed by atoms with Gasteiger partial charge < -0.3 is 0 Å². The topological polar surface area (TPSA) is 0 Å². The Balaban J connectivity index is 2.34. The van der Waals surface area contributed by atoms with E-state index in [0.717, 1.165) is 5.56 Å². The van der Waals surface area contributed by atoms with Gasteiger partial charge >= 0.3 is 0 Å². The Kier molecular flexibility index (Phi) is 3.28. The lowest BCUT2D eigenvalue weighted by molar-refractivity contribution is 0.540. The van der Waals surface area contributed by atoms with Gasteiger partial charge in [0.15, 0.2) is 0 Å². The molecule has 0 atom stereocenters. The molecule has 0 heterocycles. The van der Waals surface area contributed by atoms with Crippen LogP contribution in [-0.4, -0.2) is 0 Å². The first-order chi connectivity index (χ1) is 8.16. The summed E-state index contributed by atoms with van der Waals surface area (Å²) in [6.45, 7) is 0. The van der Waals surface area contributed by atoms with Gasteiger partial charge in [0.1, 0.15) is 17.5 Å². The highest BCUT2D eigenvalue weighted by molar-refractivity contribution is 5.70. The van der Waals surface area contributed by atoms with E-state index >= 15 is 0 Å². The van der Waals surface area contributed by atoms with Crippen LogP contribution < -0.4 is 0 Å². The van der Waals surface area contributed by atoms with E-state index in [-0.39, 0.29) is 5.56 Å². The molecule has 0 bridgehead atoms. The van der Waals surface area contributed by atoms with Crippen molar-refractivity contribution in [2.24, 2.45) is 0 Å². The van der Waals surface area contributed by atoms with Crippen molar-refractivity contribution in [2.45, 2.75) is 0 Å². The third-order valence-corrected chi connectivity index (χ3v) is 2.29. The van der Waals surface area contributed by atoms with Crippen molar-refractivity contribution in [3.8, 4) is 0 Å². The van der Waals surface area contributed by atoms with Gasteiger partial charge in [-0.05, 0) is 11.6 Å². The molecular weight excluding hydrogens is 225 g/mol. The lowest BCUT2D eigenvalue weighted by Gasteiger charge is -1.99. The maximum atomic E-state index is 13.3. The second-order valence-corrected chi connectivity index (χ2v) is 3.53. The standard InChI is InChI=1S/C14H9F3/c15-11-8-13(16)12(14(17)9-11)7-6-10-4-2-1-3-5-10/h1-9H/b7-6+. The number of hydrogen-bond acceptors (Lipinski definition) is 0. The molecule has 2 aromatic rings. The molecular formula is C14H9F3. The summed E-state index contributed by atoms with van der Waals surface area (Å²) in [5.41, 5.74) is 0.575. The zero-order valence-corrected chi connectivity index (χ0v) is 8.83. The normalized spacial score (nSPS) is 11.0. The lowest BCUT2D eigenvalue weighted by atomic mass is 10.1. The van der Waals surface area contributed by atoms with Crippen molar-refractivity contribution in [1.29, 1.82) is 0 Å². The van der Waals surface area contributed by atoms with E-state index in [1.165, 1.54) is 6.08 Å². The largest absolute Gasteiger partial charge is 0.207 e. The summed E-state index contributed by atoms with van der Waals surface area (Å²) in [6.07, 6.45) is 2.86. The summed E-state index contributed by atoms with van der Waals surface area (Å²) in [5, 5.41) is 0. The van der Waals surface area contributed by atoms with E-state index in [2.05, 4.69) is 0 Å². The molecule has 2 rings (SSSR count). The highest BCUT2D eigenvalue weighted by Gasteiger charge is 2.08. The van der Waals surface area contributed by atoms with E-state index < -0.39 is 17.5 Å². The first kappa shape index (κ1) is 11.5. The summed E-state index contributed by atoms with van der Waals surface area (Å²) >= 11 is 0.